The number of fused-ring (bicyclic) bond motifs is 1. The van der Waals surface area contributed by atoms with Crippen molar-refractivity contribution in [3.63, 3.8) is 0 Å². The maximum Gasteiger partial charge on any atom is 0.279 e. The molecule has 4 nitrogen and oxygen atoms in total. The van der Waals surface area contributed by atoms with Gasteiger partial charge in [0.1, 0.15) is 11.8 Å². The van der Waals surface area contributed by atoms with E-state index < -0.39 is 0 Å². The van der Waals surface area contributed by atoms with E-state index in [4.69, 9.17) is 16.3 Å². The molecule has 0 radical (unpaired) electrons. The first-order valence-corrected chi connectivity index (χ1v) is 9.95. The van der Waals surface area contributed by atoms with Gasteiger partial charge in [-0.15, -0.1) is 11.3 Å². The van der Waals surface area contributed by atoms with Gasteiger partial charge < -0.3 is 15.0 Å². The monoisotopic (exact) mass is 377 g/mol. The second-order valence-corrected chi connectivity index (χ2v) is 8.28. The number of carbonyl (C=O) groups excluding carboxylic acids is 1. The summed E-state index contributed by atoms with van der Waals surface area (Å²) in [4.78, 5) is 15.6. The average molecular weight is 378 g/mol. The molecule has 1 amide bonds. The molecule has 25 heavy (non-hydrogen) atoms. The zero-order valence-electron chi connectivity index (χ0n) is 14.2. The summed E-state index contributed by atoms with van der Waals surface area (Å²) >= 11 is 7.91. The van der Waals surface area contributed by atoms with Crippen LogP contribution in [-0.2, 0) is 11.2 Å². The quantitative estimate of drug-likeness (QED) is 0.841. The van der Waals surface area contributed by atoms with Gasteiger partial charge in [-0.25, -0.2) is 0 Å². The second-order valence-electron chi connectivity index (χ2n) is 6.84. The summed E-state index contributed by atoms with van der Waals surface area (Å²) in [5.74, 6) is 1.38. The number of carbonyl (C=O) groups is 1. The molecule has 132 valence electrons. The number of quaternary nitrogens is 1. The Morgan fingerprint density at radius 3 is 3.00 bits per heavy atom. The number of methoxy groups -OCH3 is 1. The van der Waals surface area contributed by atoms with Crippen LogP contribution in [0.2, 0.25) is 5.02 Å². The molecule has 4 rings (SSSR count). The molecule has 0 spiro atoms. The second kappa shape index (κ2) is 6.98. The standard InChI is InChI=1S/C19H21ClN2O2S/c1-24-16-5-4-13(20)10-15(16)21-18(23)11-22-8-6-17-14(7-9-25-17)19(22)12-2-3-12/h4-5,7,9-10,12,19H,2-3,6,8,11H2,1H3,(H,21,23)/p+1/t19-/m0/s1. The number of hydrogen-bond acceptors (Lipinski definition) is 3. The molecule has 0 saturated heterocycles. The van der Waals surface area contributed by atoms with Gasteiger partial charge in [0.05, 0.1) is 19.3 Å². The minimum atomic E-state index is 0.0138. The van der Waals surface area contributed by atoms with Gasteiger partial charge in [-0.05, 0) is 42.5 Å². The largest absolute Gasteiger partial charge is 0.495 e. The van der Waals surface area contributed by atoms with Crippen molar-refractivity contribution in [3.8, 4) is 5.75 Å². The van der Waals surface area contributed by atoms with Crippen LogP contribution in [0.5, 0.6) is 5.75 Å². The molecule has 2 aliphatic rings. The molecule has 2 heterocycles. The zero-order valence-corrected chi connectivity index (χ0v) is 15.8. The fourth-order valence-electron chi connectivity index (χ4n) is 3.87. The van der Waals surface area contributed by atoms with Crippen LogP contribution in [0.4, 0.5) is 5.69 Å². The summed E-state index contributed by atoms with van der Waals surface area (Å²) in [6, 6.07) is 8.00. The lowest BCUT2D eigenvalue weighted by atomic mass is 9.96. The number of nitrogens with one attached hydrogen (secondary N) is 2. The lowest BCUT2D eigenvalue weighted by Crippen LogP contribution is -3.14. The summed E-state index contributed by atoms with van der Waals surface area (Å²) < 4.78 is 5.32. The topological polar surface area (TPSA) is 42.8 Å². The summed E-state index contributed by atoms with van der Waals surface area (Å²) in [6.45, 7) is 1.50. The van der Waals surface area contributed by atoms with Gasteiger partial charge >= 0.3 is 0 Å². The molecule has 0 bridgehead atoms. The molecule has 1 saturated carbocycles. The molecular formula is C19H22ClN2O2S+. The summed E-state index contributed by atoms with van der Waals surface area (Å²) in [7, 11) is 1.59. The van der Waals surface area contributed by atoms with E-state index in [0.29, 0.717) is 29.0 Å². The first kappa shape index (κ1) is 16.9. The highest BCUT2D eigenvalue weighted by molar-refractivity contribution is 7.10. The van der Waals surface area contributed by atoms with Gasteiger partial charge in [0.15, 0.2) is 6.54 Å². The Morgan fingerprint density at radius 2 is 2.24 bits per heavy atom. The van der Waals surface area contributed by atoms with Crippen LogP contribution >= 0.6 is 22.9 Å². The van der Waals surface area contributed by atoms with E-state index in [9.17, 15) is 4.79 Å². The Labute approximate surface area is 156 Å². The van der Waals surface area contributed by atoms with E-state index in [-0.39, 0.29) is 5.91 Å². The van der Waals surface area contributed by atoms with Crippen molar-refractivity contribution in [3.05, 3.63) is 45.1 Å². The van der Waals surface area contributed by atoms with E-state index in [0.717, 1.165) is 18.9 Å². The minimum absolute atomic E-state index is 0.0138. The van der Waals surface area contributed by atoms with Crippen LogP contribution in [0.1, 0.15) is 29.3 Å². The molecule has 1 aromatic heterocycles. The summed E-state index contributed by atoms with van der Waals surface area (Å²) in [6.07, 6.45) is 3.64. The number of ether oxygens (including phenoxy) is 1. The Kier molecular flexibility index (Phi) is 4.71. The third-order valence-electron chi connectivity index (χ3n) is 5.14. The molecule has 1 unspecified atom stereocenters. The predicted molar refractivity (Wildman–Crippen MR) is 101 cm³/mol. The van der Waals surface area contributed by atoms with Crippen molar-refractivity contribution >= 4 is 34.5 Å². The normalized spacial score (nSPS) is 22.3. The van der Waals surface area contributed by atoms with Gasteiger partial charge in [-0.3, -0.25) is 4.79 Å². The highest BCUT2D eigenvalue weighted by Gasteiger charge is 2.43. The van der Waals surface area contributed by atoms with E-state index in [1.54, 1.807) is 25.3 Å². The first-order valence-electron chi connectivity index (χ1n) is 8.70. The van der Waals surface area contributed by atoms with Crippen molar-refractivity contribution in [2.24, 2.45) is 5.92 Å². The zero-order chi connectivity index (χ0) is 17.4. The smallest absolute Gasteiger partial charge is 0.279 e. The number of rotatable bonds is 5. The molecule has 2 aromatic rings. The Balaban J connectivity index is 1.48. The summed E-state index contributed by atoms with van der Waals surface area (Å²) in [5, 5.41) is 5.76. The van der Waals surface area contributed by atoms with Crippen LogP contribution in [0, 0.1) is 5.92 Å². The Hall–Kier alpha value is -1.56. The van der Waals surface area contributed by atoms with Crippen LogP contribution in [0.25, 0.3) is 0 Å². The molecule has 6 heteroatoms. The predicted octanol–water partition coefficient (Wildman–Crippen LogP) is 2.94. The average Bonchev–Trinajstić information content (AvgIpc) is 3.31. The molecule has 1 aromatic carbocycles. The van der Waals surface area contributed by atoms with Crippen molar-refractivity contribution < 1.29 is 14.4 Å². The molecule has 2 atom stereocenters. The van der Waals surface area contributed by atoms with Gasteiger partial charge in [0, 0.05) is 27.8 Å². The van der Waals surface area contributed by atoms with Crippen molar-refractivity contribution in [1.29, 1.82) is 0 Å². The third kappa shape index (κ3) is 3.54. The third-order valence-corrected chi connectivity index (χ3v) is 6.38. The molecular weight excluding hydrogens is 356 g/mol. The Bertz CT molecular complexity index is 787. The van der Waals surface area contributed by atoms with Crippen LogP contribution in [0.3, 0.4) is 0 Å². The fourth-order valence-corrected chi connectivity index (χ4v) is 4.98. The highest BCUT2D eigenvalue weighted by atomic mass is 35.5. The Morgan fingerprint density at radius 1 is 1.40 bits per heavy atom. The van der Waals surface area contributed by atoms with Crippen molar-refractivity contribution in [2.75, 3.05) is 25.5 Å². The number of hydrogen-bond donors (Lipinski definition) is 2. The first-order chi connectivity index (χ1) is 12.2. The fraction of sp³-hybridized carbons (Fsp3) is 0.421. The number of halogens is 1. The van der Waals surface area contributed by atoms with Gasteiger partial charge in [0.2, 0.25) is 0 Å². The van der Waals surface area contributed by atoms with E-state index >= 15 is 0 Å². The van der Waals surface area contributed by atoms with Crippen LogP contribution in [-0.4, -0.2) is 26.1 Å². The molecule has 1 fully saturated rings. The SMILES string of the molecule is COc1ccc(Cl)cc1NC(=O)C[NH+]1CCc2sccc2[C@@H]1C1CC1. The van der Waals surface area contributed by atoms with Gasteiger partial charge in [0.25, 0.3) is 5.91 Å². The van der Waals surface area contributed by atoms with E-state index in [2.05, 4.69) is 16.8 Å². The molecule has 1 aliphatic carbocycles. The van der Waals surface area contributed by atoms with Crippen LogP contribution < -0.4 is 15.0 Å². The lowest BCUT2D eigenvalue weighted by molar-refractivity contribution is -0.928. The summed E-state index contributed by atoms with van der Waals surface area (Å²) in [5.41, 5.74) is 2.11. The minimum Gasteiger partial charge on any atom is -0.495 e. The number of anilines is 1. The maximum absolute atomic E-state index is 12.7. The van der Waals surface area contributed by atoms with Crippen molar-refractivity contribution in [1.82, 2.24) is 0 Å². The maximum atomic E-state index is 12.7. The van der Waals surface area contributed by atoms with Gasteiger partial charge in [-0.1, -0.05) is 11.6 Å². The van der Waals surface area contributed by atoms with Crippen molar-refractivity contribution in [2.45, 2.75) is 25.3 Å². The number of benzene rings is 1. The van der Waals surface area contributed by atoms with E-state index in [1.807, 2.05) is 11.3 Å². The van der Waals surface area contributed by atoms with Crippen LogP contribution in [0.15, 0.2) is 29.6 Å². The van der Waals surface area contributed by atoms with Gasteiger partial charge in [-0.2, -0.15) is 0 Å². The number of amides is 1. The lowest BCUT2D eigenvalue weighted by Gasteiger charge is -2.32. The molecule has 1 aliphatic heterocycles. The number of thiophene rings is 1. The molecule has 2 N–H and O–H groups in total. The highest BCUT2D eigenvalue weighted by Crippen LogP contribution is 2.42. The van der Waals surface area contributed by atoms with E-state index in [1.165, 1.54) is 28.2 Å².